The van der Waals surface area contributed by atoms with Gasteiger partial charge in [0.15, 0.2) is 15.9 Å². The number of methoxy groups -OCH3 is 1. The number of hydrogen-bond donors (Lipinski definition) is 2. The smallest absolute Gasteiger partial charge is 0.335 e. The van der Waals surface area contributed by atoms with Crippen LogP contribution >= 0.6 is 43.2 Å². The molecule has 26 heavy (non-hydrogen) atoms. The van der Waals surface area contributed by atoms with Crippen molar-refractivity contribution in [1.29, 1.82) is 0 Å². The van der Waals surface area contributed by atoms with Crippen LogP contribution in [0, 0.1) is 5.82 Å². The molecule has 1 aromatic heterocycles. The summed E-state index contributed by atoms with van der Waals surface area (Å²) in [7, 11) is 1.54. The van der Waals surface area contributed by atoms with Gasteiger partial charge in [-0.25, -0.2) is 14.2 Å². The number of carboxylic acid groups (broad SMARTS) is 1. The van der Waals surface area contributed by atoms with E-state index in [1.54, 1.807) is 6.20 Å². The number of nitrogens with one attached hydrogen (secondary N) is 1. The third kappa shape index (κ3) is 3.67. The van der Waals surface area contributed by atoms with Gasteiger partial charge in [-0.2, -0.15) is 0 Å². The Hall–Kier alpha value is -1.78. The van der Waals surface area contributed by atoms with Crippen LogP contribution in [-0.4, -0.2) is 34.3 Å². The fourth-order valence-electron chi connectivity index (χ4n) is 2.47. The molecular weight excluding hydrogens is 493 g/mol. The lowest BCUT2D eigenvalue weighted by molar-refractivity contribution is -0.133. The van der Waals surface area contributed by atoms with Gasteiger partial charge in [0.1, 0.15) is 11.9 Å². The van der Waals surface area contributed by atoms with Crippen molar-refractivity contribution in [3.63, 3.8) is 0 Å². The van der Waals surface area contributed by atoms with Gasteiger partial charge in [-0.05, 0) is 17.7 Å². The van der Waals surface area contributed by atoms with Gasteiger partial charge >= 0.3 is 5.97 Å². The van der Waals surface area contributed by atoms with Crippen molar-refractivity contribution >= 4 is 55.0 Å². The van der Waals surface area contributed by atoms with Crippen LogP contribution in [0.4, 0.5) is 4.39 Å². The molecule has 2 N–H and O–H groups in total. The lowest BCUT2D eigenvalue weighted by atomic mass is 9.96. The molecular formula is C16H12Br2FN3O3S. The van der Waals surface area contributed by atoms with E-state index in [0.29, 0.717) is 31.6 Å². The van der Waals surface area contributed by atoms with Crippen LogP contribution in [-0.2, 0) is 4.79 Å². The number of allylic oxidation sites excluding steroid dienone is 1. The highest BCUT2D eigenvalue weighted by Gasteiger charge is 2.32. The van der Waals surface area contributed by atoms with Crippen molar-refractivity contribution in [2.45, 2.75) is 6.04 Å². The minimum absolute atomic E-state index is 0.0847. The van der Waals surface area contributed by atoms with E-state index in [1.807, 2.05) is 0 Å². The quantitative estimate of drug-likeness (QED) is 0.604. The lowest BCUT2D eigenvalue weighted by Gasteiger charge is -2.25. The maximum atomic E-state index is 13.5. The Balaban J connectivity index is 2.14. The standard InChI is InChI=1S/C16H12Br2FN3O3S/c1-25-11-6-20-15(26-11)14-21-10(5-17)12(16(23)24)13(22-14)8-3-2-7(19)4-9(8)18/h2-4,6,13H,5H2,1H3,(H,21,22)(H,23,24). The molecule has 0 fully saturated rings. The Labute approximate surface area is 169 Å². The van der Waals surface area contributed by atoms with Crippen LogP contribution < -0.4 is 10.1 Å². The van der Waals surface area contributed by atoms with Gasteiger partial charge in [0, 0.05) is 15.5 Å². The highest BCUT2D eigenvalue weighted by Crippen LogP contribution is 2.37. The van der Waals surface area contributed by atoms with E-state index in [-0.39, 0.29) is 10.9 Å². The van der Waals surface area contributed by atoms with Crippen molar-refractivity contribution in [2.75, 3.05) is 12.4 Å². The summed E-state index contributed by atoms with van der Waals surface area (Å²) in [4.78, 5) is 20.7. The maximum absolute atomic E-state index is 13.5. The molecule has 6 nitrogen and oxygen atoms in total. The van der Waals surface area contributed by atoms with Crippen molar-refractivity contribution in [1.82, 2.24) is 10.3 Å². The summed E-state index contributed by atoms with van der Waals surface area (Å²) in [6.45, 7) is 0. The van der Waals surface area contributed by atoms with Crippen molar-refractivity contribution < 1.29 is 19.0 Å². The predicted molar refractivity (Wildman–Crippen MR) is 104 cm³/mol. The van der Waals surface area contributed by atoms with E-state index in [1.165, 1.54) is 36.6 Å². The summed E-state index contributed by atoms with van der Waals surface area (Å²) in [5.74, 6) is -1.10. The number of carboxylic acids is 1. The second-order valence-electron chi connectivity index (χ2n) is 5.19. The summed E-state index contributed by atoms with van der Waals surface area (Å²) in [5.41, 5.74) is 1.09. The Bertz CT molecular complexity index is 929. The van der Waals surface area contributed by atoms with Crippen LogP contribution in [0.5, 0.6) is 5.06 Å². The molecule has 1 unspecified atom stereocenters. The molecule has 2 aromatic rings. The van der Waals surface area contributed by atoms with Crippen LogP contribution in [0.15, 0.2) is 45.1 Å². The summed E-state index contributed by atoms with van der Waals surface area (Å²) in [6.07, 6.45) is 1.57. The molecule has 0 spiro atoms. The minimum Gasteiger partial charge on any atom is -0.486 e. The van der Waals surface area contributed by atoms with Gasteiger partial charge in [0.25, 0.3) is 0 Å². The molecule has 1 aliphatic heterocycles. The lowest BCUT2D eigenvalue weighted by Crippen LogP contribution is -2.34. The number of halogens is 3. The Morgan fingerprint density at radius 1 is 1.50 bits per heavy atom. The van der Waals surface area contributed by atoms with E-state index in [2.05, 4.69) is 47.2 Å². The number of aliphatic carboxylic acids is 1. The Morgan fingerprint density at radius 2 is 2.27 bits per heavy atom. The number of aromatic nitrogens is 1. The molecule has 0 amide bonds. The molecule has 0 bridgehead atoms. The van der Waals surface area contributed by atoms with Gasteiger partial charge in [-0.1, -0.05) is 49.3 Å². The molecule has 2 heterocycles. The Kier molecular flexibility index (Phi) is 5.73. The average Bonchev–Trinajstić information content (AvgIpc) is 3.09. The van der Waals surface area contributed by atoms with E-state index in [0.717, 1.165) is 0 Å². The zero-order valence-electron chi connectivity index (χ0n) is 13.3. The van der Waals surface area contributed by atoms with E-state index >= 15 is 0 Å². The van der Waals surface area contributed by atoms with E-state index < -0.39 is 17.8 Å². The molecule has 0 saturated carbocycles. The van der Waals surface area contributed by atoms with Crippen LogP contribution in [0.2, 0.25) is 0 Å². The van der Waals surface area contributed by atoms with E-state index in [4.69, 9.17) is 4.74 Å². The molecule has 1 aliphatic rings. The monoisotopic (exact) mass is 503 g/mol. The summed E-state index contributed by atoms with van der Waals surface area (Å²) in [5, 5.41) is 14.2. The SMILES string of the molecule is COc1cnc(C2=NC(c3ccc(F)cc3Br)C(C(=O)O)=C(CBr)N2)s1. The first-order valence-corrected chi connectivity index (χ1v) is 10.00. The number of carbonyl (C=O) groups is 1. The molecule has 10 heteroatoms. The number of amidine groups is 1. The number of ether oxygens (including phenoxy) is 1. The molecule has 0 saturated heterocycles. The van der Waals surface area contributed by atoms with E-state index in [9.17, 15) is 14.3 Å². The fraction of sp³-hybridized carbons (Fsp3) is 0.188. The van der Waals surface area contributed by atoms with Crippen LogP contribution in [0.1, 0.15) is 16.6 Å². The largest absolute Gasteiger partial charge is 0.486 e. The zero-order chi connectivity index (χ0) is 18.8. The normalized spacial score (nSPS) is 16.9. The third-order valence-electron chi connectivity index (χ3n) is 3.64. The summed E-state index contributed by atoms with van der Waals surface area (Å²) < 4.78 is 19.1. The fourth-order valence-corrected chi connectivity index (χ4v) is 4.17. The maximum Gasteiger partial charge on any atom is 0.335 e. The number of thiazole rings is 1. The molecule has 0 aliphatic carbocycles. The number of hydrogen-bond acceptors (Lipinski definition) is 6. The molecule has 0 radical (unpaired) electrons. The van der Waals surface area contributed by atoms with Gasteiger partial charge < -0.3 is 15.2 Å². The highest BCUT2D eigenvalue weighted by atomic mass is 79.9. The third-order valence-corrected chi connectivity index (χ3v) is 5.85. The first-order chi connectivity index (χ1) is 12.4. The Morgan fingerprint density at radius 3 is 2.85 bits per heavy atom. The van der Waals surface area contributed by atoms with Gasteiger partial charge in [-0.15, -0.1) is 0 Å². The van der Waals surface area contributed by atoms with Gasteiger partial charge in [-0.3, -0.25) is 4.99 Å². The average molecular weight is 505 g/mol. The number of rotatable bonds is 5. The topological polar surface area (TPSA) is 83.8 Å². The molecule has 1 atom stereocenters. The number of alkyl halides is 1. The first-order valence-electron chi connectivity index (χ1n) is 7.26. The number of benzene rings is 1. The second-order valence-corrected chi connectivity index (χ2v) is 7.60. The van der Waals surface area contributed by atoms with Crippen molar-refractivity contribution in [2.24, 2.45) is 4.99 Å². The molecule has 3 rings (SSSR count). The van der Waals surface area contributed by atoms with Gasteiger partial charge in [0.2, 0.25) is 0 Å². The highest BCUT2D eigenvalue weighted by molar-refractivity contribution is 9.10. The van der Waals surface area contributed by atoms with Crippen LogP contribution in [0.25, 0.3) is 0 Å². The minimum atomic E-state index is -1.10. The summed E-state index contributed by atoms with van der Waals surface area (Å²) >= 11 is 7.90. The second kappa shape index (κ2) is 7.85. The molecule has 136 valence electrons. The number of aliphatic imine (C=N–C) groups is 1. The number of nitrogens with zero attached hydrogens (tertiary/aromatic N) is 2. The van der Waals surface area contributed by atoms with Crippen LogP contribution in [0.3, 0.4) is 0 Å². The zero-order valence-corrected chi connectivity index (χ0v) is 17.3. The summed E-state index contributed by atoms with van der Waals surface area (Å²) in [6, 6.07) is 3.26. The van der Waals surface area contributed by atoms with Gasteiger partial charge in [0.05, 0.1) is 18.9 Å². The van der Waals surface area contributed by atoms with Crippen molar-refractivity contribution in [3.8, 4) is 5.06 Å². The first kappa shape index (κ1) is 19.0. The predicted octanol–water partition coefficient (Wildman–Crippen LogP) is 3.88. The molecule has 1 aromatic carbocycles. The van der Waals surface area contributed by atoms with Crippen molar-refractivity contribution in [3.05, 3.63) is 56.5 Å².